The number of aromatic nitrogens is 1. The van der Waals surface area contributed by atoms with Crippen LogP contribution in [0.25, 0.3) is 0 Å². The van der Waals surface area contributed by atoms with Gasteiger partial charge in [0.25, 0.3) is 0 Å². The average molecular weight is 422 g/mol. The van der Waals surface area contributed by atoms with E-state index in [0.29, 0.717) is 12.2 Å². The van der Waals surface area contributed by atoms with Crippen LogP contribution in [0.3, 0.4) is 0 Å². The Balaban J connectivity index is 1.37. The van der Waals surface area contributed by atoms with Crippen molar-refractivity contribution in [3.63, 3.8) is 0 Å². The Morgan fingerprint density at radius 3 is 2.57 bits per heavy atom. The molecule has 3 N–H and O–H groups in total. The molecule has 2 amide bonds. The van der Waals surface area contributed by atoms with E-state index in [2.05, 4.69) is 51.3 Å². The number of hydrogen-bond donors (Lipinski definition) is 3. The van der Waals surface area contributed by atoms with Crippen LogP contribution in [0.2, 0.25) is 0 Å². The summed E-state index contributed by atoms with van der Waals surface area (Å²) in [5.74, 6) is -1.24. The van der Waals surface area contributed by atoms with E-state index < -0.39 is 11.8 Å². The van der Waals surface area contributed by atoms with Gasteiger partial charge in [-0.15, -0.1) is 11.3 Å². The second-order valence-corrected chi connectivity index (χ2v) is 8.36. The standard InChI is InChI=1S/C23H24N4O2S/c28-22(25-14-19-8-3-4-11-24-19)23(29)26-15-20(21-9-5-13-30-21)27-12-10-17-6-1-2-7-18(17)16-27/h1-9,11,13,20H,10,12,14-16H2,(H,25,28)(H,26,29)/p+1/t20-/m1/s1. The average Bonchev–Trinajstić information content (AvgIpc) is 3.32. The fraction of sp³-hybridized carbons (Fsp3) is 0.261. The molecule has 2 atom stereocenters. The monoisotopic (exact) mass is 421 g/mol. The van der Waals surface area contributed by atoms with Crippen molar-refractivity contribution in [3.8, 4) is 0 Å². The molecule has 1 aliphatic rings. The third kappa shape index (κ3) is 4.93. The first-order chi connectivity index (χ1) is 14.7. The summed E-state index contributed by atoms with van der Waals surface area (Å²) in [6.07, 6.45) is 2.68. The molecule has 154 valence electrons. The van der Waals surface area contributed by atoms with Crippen molar-refractivity contribution in [1.29, 1.82) is 0 Å². The summed E-state index contributed by atoms with van der Waals surface area (Å²) in [7, 11) is 0. The van der Waals surface area contributed by atoms with Gasteiger partial charge in [0.05, 0.1) is 30.2 Å². The number of fused-ring (bicyclic) bond motifs is 1. The number of nitrogens with one attached hydrogen (secondary N) is 3. The summed E-state index contributed by atoms with van der Waals surface area (Å²) >= 11 is 1.69. The van der Waals surface area contributed by atoms with Gasteiger partial charge in [0.1, 0.15) is 12.6 Å². The first-order valence-electron chi connectivity index (χ1n) is 10.1. The maximum atomic E-state index is 12.4. The van der Waals surface area contributed by atoms with E-state index in [0.717, 1.165) is 19.5 Å². The summed E-state index contributed by atoms with van der Waals surface area (Å²) in [6.45, 7) is 2.57. The Hall–Kier alpha value is -3.03. The largest absolute Gasteiger partial charge is 0.342 e. The maximum absolute atomic E-state index is 12.4. The van der Waals surface area contributed by atoms with Crippen molar-refractivity contribution in [2.24, 2.45) is 0 Å². The minimum Gasteiger partial charge on any atom is -0.342 e. The van der Waals surface area contributed by atoms with Gasteiger partial charge in [0.2, 0.25) is 0 Å². The molecule has 0 spiro atoms. The van der Waals surface area contributed by atoms with Gasteiger partial charge in [0, 0.05) is 18.2 Å². The molecular formula is C23H25N4O2S+. The molecule has 4 rings (SSSR count). The zero-order chi connectivity index (χ0) is 20.8. The lowest BCUT2D eigenvalue weighted by Crippen LogP contribution is -3.12. The summed E-state index contributed by atoms with van der Waals surface area (Å²) < 4.78 is 0. The van der Waals surface area contributed by atoms with Gasteiger partial charge in [-0.05, 0) is 29.1 Å². The quantitative estimate of drug-likeness (QED) is 0.525. The number of thiophene rings is 1. The molecule has 3 aromatic rings. The van der Waals surface area contributed by atoms with Crippen LogP contribution >= 0.6 is 11.3 Å². The fourth-order valence-electron chi connectivity index (χ4n) is 3.86. The van der Waals surface area contributed by atoms with E-state index in [4.69, 9.17) is 0 Å². The Morgan fingerprint density at radius 2 is 1.80 bits per heavy atom. The van der Waals surface area contributed by atoms with Crippen LogP contribution in [0.1, 0.15) is 27.7 Å². The molecule has 6 nitrogen and oxygen atoms in total. The minimum atomic E-state index is -0.635. The Bertz CT molecular complexity index is 991. The molecular weight excluding hydrogens is 396 g/mol. The van der Waals surface area contributed by atoms with Crippen LogP contribution in [0, 0.1) is 0 Å². The van der Waals surface area contributed by atoms with Gasteiger partial charge in [-0.2, -0.15) is 0 Å². The lowest BCUT2D eigenvalue weighted by molar-refractivity contribution is -0.945. The summed E-state index contributed by atoms with van der Waals surface area (Å²) in [5.41, 5.74) is 3.48. The van der Waals surface area contributed by atoms with Gasteiger partial charge in [0.15, 0.2) is 0 Å². The third-order valence-corrected chi connectivity index (χ3v) is 6.45. The molecule has 1 aromatic carbocycles. The van der Waals surface area contributed by atoms with Crippen molar-refractivity contribution in [2.45, 2.75) is 25.6 Å². The van der Waals surface area contributed by atoms with Crippen LogP contribution in [-0.2, 0) is 29.1 Å². The highest BCUT2D eigenvalue weighted by molar-refractivity contribution is 7.10. The number of benzene rings is 1. The molecule has 0 saturated heterocycles. The first-order valence-corrected chi connectivity index (χ1v) is 11.0. The molecule has 0 aliphatic carbocycles. The first kappa shape index (κ1) is 20.3. The predicted octanol–water partition coefficient (Wildman–Crippen LogP) is 1.26. The topological polar surface area (TPSA) is 75.5 Å². The SMILES string of the molecule is O=C(NCc1ccccn1)C(=O)NC[C@H](c1cccs1)[NH+]1CCc2ccccc2C1. The molecule has 2 aromatic heterocycles. The predicted molar refractivity (Wildman–Crippen MR) is 116 cm³/mol. The van der Waals surface area contributed by atoms with Gasteiger partial charge in [-0.1, -0.05) is 36.4 Å². The van der Waals surface area contributed by atoms with Gasteiger partial charge < -0.3 is 15.5 Å². The van der Waals surface area contributed by atoms with Crippen LogP contribution in [0.5, 0.6) is 0 Å². The number of nitrogens with zero attached hydrogens (tertiary/aromatic N) is 1. The zero-order valence-electron chi connectivity index (χ0n) is 16.6. The van der Waals surface area contributed by atoms with Crippen molar-refractivity contribution in [2.75, 3.05) is 13.1 Å². The normalized spacial score (nSPS) is 16.3. The molecule has 3 heterocycles. The van der Waals surface area contributed by atoms with E-state index in [-0.39, 0.29) is 12.6 Å². The second kappa shape index (κ2) is 9.65. The highest BCUT2D eigenvalue weighted by atomic mass is 32.1. The molecule has 0 bridgehead atoms. The lowest BCUT2D eigenvalue weighted by Gasteiger charge is -2.32. The van der Waals surface area contributed by atoms with Crippen molar-refractivity contribution < 1.29 is 14.5 Å². The van der Waals surface area contributed by atoms with Gasteiger partial charge in [-0.25, -0.2) is 0 Å². The maximum Gasteiger partial charge on any atom is 0.309 e. The molecule has 0 saturated carbocycles. The number of pyridine rings is 1. The lowest BCUT2D eigenvalue weighted by atomic mass is 9.98. The highest BCUT2D eigenvalue weighted by Crippen LogP contribution is 2.19. The minimum absolute atomic E-state index is 0.117. The number of carbonyl (C=O) groups excluding carboxylic acids is 2. The second-order valence-electron chi connectivity index (χ2n) is 7.39. The molecule has 1 unspecified atom stereocenters. The Morgan fingerprint density at radius 1 is 1.00 bits per heavy atom. The van der Waals surface area contributed by atoms with Gasteiger partial charge >= 0.3 is 11.8 Å². The van der Waals surface area contributed by atoms with E-state index in [1.165, 1.54) is 20.9 Å². The summed E-state index contributed by atoms with van der Waals surface area (Å²) in [5, 5.41) is 7.53. The van der Waals surface area contributed by atoms with Gasteiger partial charge in [-0.3, -0.25) is 14.6 Å². The third-order valence-electron chi connectivity index (χ3n) is 5.46. The number of rotatable bonds is 6. The molecule has 30 heavy (non-hydrogen) atoms. The molecule has 0 fully saturated rings. The van der Waals surface area contributed by atoms with E-state index in [1.54, 1.807) is 17.5 Å². The van der Waals surface area contributed by atoms with E-state index >= 15 is 0 Å². The molecule has 1 aliphatic heterocycles. The number of carbonyl (C=O) groups is 2. The zero-order valence-corrected chi connectivity index (χ0v) is 17.5. The summed E-state index contributed by atoms with van der Waals surface area (Å²) in [4.78, 5) is 31.3. The van der Waals surface area contributed by atoms with Crippen molar-refractivity contribution in [1.82, 2.24) is 15.6 Å². The highest BCUT2D eigenvalue weighted by Gasteiger charge is 2.30. The van der Waals surface area contributed by atoms with Crippen LogP contribution < -0.4 is 15.5 Å². The molecule has 0 radical (unpaired) electrons. The van der Waals surface area contributed by atoms with Crippen LogP contribution in [0.15, 0.2) is 66.2 Å². The van der Waals surface area contributed by atoms with Crippen LogP contribution in [0.4, 0.5) is 0 Å². The van der Waals surface area contributed by atoms with Crippen LogP contribution in [-0.4, -0.2) is 29.9 Å². The Labute approximate surface area is 180 Å². The summed E-state index contributed by atoms with van der Waals surface area (Å²) in [6, 6.07) is 18.3. The van der Waals surface area contributed by atoms with E-state index in [1.807, 2.05) is 24.3 Å². The van der Waals surface area contributed by atoms with Crippen molar-refractivity contribution >= 4 is 23.2 Å². The Kier molecular flexibility index (Phi) is 6.51. The number of amides is 2. The van der Waals surface area contributed by atoms with E-state index in [9.17, 15) is 9.59 Å². The fourth-order valence-corrected chi connectivity index (χ4v) is 4.75. The smallest absolute Gasteiger partial charge is 0.309 e. The molecule has 7 heteroatoms. The van der Waals surface area contributed by atoms with Crippen molar-refractivity contribution in [3.05, 3.63) is 87.9 Å². The number of hydrogen-bond acceptors (Lipinski definition) is 4. The number of quaternary nitrogens is 1.